The second-order valence-electron chi connectivity index (χ2n) is 9.60. The molecule has 4 aromatic rings. The van der Waals surface area contributed by atoms with Gasteiger partial charge in [-0.15, -0.1) is 23.5 Å². The van der Waals surface area contributed by atoms with E-state index in [4.69, 9.17) is 34.7 Å². The Morgan fingerprint density at radius 1 is 0.652 bits per heavy atom. The molecule has 4 N–H and O–H groups in total. The first kappa shape index (κ1) is 37.5. The Balaban J connectivity index is 0.000000250. The van der Waals surface area contributed by atoms with Gasteiger partial charge in [-0.3, -0.25) is 8.42 Å². The number of hydrogen-bond acceptors (Lipinski definition) is 6. The molecule has 244 valence electrons. The quantitative estimate of drug-likeness (QED) is 0.107. The third-order valence-corrected chi connectivity index (χ3v) is 10.5. The smallest absolute Gasteiger partial charge is 0.200 e. The van der Waals surface area contributed by atoms with Crippen molar-refractivity contribution in [1.82, 2.24) is 0 Å². The first-order chi connectivity index (χ1) is 21.8. The molecule has 2 atom stereocenters. The van der Waals surface area contributed by atoms with Gasteiger partial charge < -0.3 is 21.3 Å². The van der Waals surface area contributed by atoms with E-state index in [1.54, 1.807) is 58.0 Å². The largest absolute Gasteiger partial charge is 0.369 e. The maximum absolute atomic E-state index is 11.6. The number of nitrogens with two attached hydrogens (primary N) is 2. The molecule has 0 bridgehead atoms. The van der Waals surface area contributed by atoms with E-state index in [-0.39, 0.29) is 0 Å². The topological polar surface area (TPSA) is 117 Å². The Morgan fingerprint density at radius 3 is 1.35 bits per heavy atom. The summed E-state index contributed by atoms with van der Waals surface area (Å²) < 4.78 is 23.2. The standard InChI is InChI=1S/2C16H18ClN3OS2/c2*1-20(11-5-4-6-13(9-11)23(3)21)16(18)19-15-10-12(22-2)7-8-14(15)17/h2*4-10H,1-3H3,(H2,18,19). The second kappa shape index (κ2) is 17.8. The van der Waals surface area contributed by atoms with Gasteiger partial charge in [-0.2, -0.15) is 0 Å². The summed E-state index contributed by atoms with van der Waals surface area (Å²) in [5, 5.41) is 1.09. The number of rotatable bonds is 8. The number of anilines is 2. The SMILES string of the molecule is CSc1ccc(Cl)c(N=C(N)N(C)c2cccc(S(C)=O)c2)c1.CSc1ccc(Cl)c(N=C(N)N(C)c2cccc(S(C)=O)c2)c1. The molecule has 14 heteroatoms. The molecule has 0 radical (unpaired) electrons. The van der Waals surface area contributed by atoms with Crippen LogP contribution in [0.2, 0.25) is 10.0 Å². The maximum atomic E-state index is 11.6. The van der Waals surface area contributed by atoms with Crippen molar-refractivity contribution < 1.29 is 8.42 Å². The Labute approximate surface area is 294 Å². The molecule has 0 amide bonds. The molecule has 0 spiro atoms. The summed E-state index contributed by atoms with van der Waals surface area (Å²) in [6.07, 6.45) is 7.26. The van der Waals surface area contributed by atoms with Crippen LogP contribution in [0.15, 0.2) is 114 Å². The van der Waals surface area contributed by atoms with Gasteiger partial charge in [0.15, 0.2) is 0 Å². The fourth-order valence-electron chi connectivity index (χ4n) is 3.81. The molecule has 0 aliphatic rings. The first-order valence-corrected chi connectivity index (χ1v) is 19.9. The number of nitrogens with zero attached hydrogens (tertiary/aromatic N) is 4. The molecular weight excluding hydrogens is 700 g/mol. The number of halogens is 2. The third kappa shape index (κ3) is 10.5. The number of guanidine groups is 2. The fraction of sp³-hybridized carbons (Fsp3) is 0.188. The second-order valence-corrected chi connectivity index (χ2v) is 14.9. The van der Waals surface area contributed by atoms with E-state index in [0.29, 0.717) is 33.3 Å². The van der Waals surface area contributed by atoms with E-state index in [2.05, 4.69) is 9.98 Å². The number of aliphatic imine (C=N–C) groups is 2. The van der Waals surface area contributed by atoms with Crippen LogP contribution in [0.3, 0.4) is 0 Å². The average Bonchev–Trinajstić information content (AvgIpc) is 3.06. The van der Waals surface area contributed by atoms with Crippen LogP contribution in [0.4, 0.5) is 22.7 Å². The Kier molecular flexibility index (Phi) is 14.5. The minimum Gasteiger partial charge on any atom is -0.369 e. The van der Waals surface area contributed by atoms with Gasteiger partial charge in [0.2, 0.25) is 11.9 Å². The van der Waals surface area contributed by atoms with E-state index >= 15 is 0 Å². The van der Waals surface area contributed by atoms with Crippen molar-refractivity contribution in [2.24, 2.45) is 21.5 Å². The lowest BCUT2D eigenvalue weighted by molar-refractivity contribution is 0.686. The van der Waals surface area contributed by atoms with Crippen LogP contribution in [0.25, 0.3) is 0 Å². The Morgan fingerprint density at radius 2 is 1.02 bits per heavy atom. The molecule has 0 saturated carbocycles. The van der Waals surface area contributed by atoms with E-state index in [1.807, 2.05) is 99.4 Å². The lowest BCUT2D eigenvalue weighted by Gasteiger charge is -2.19. The van der Waals surface area contributed by atoms with Crippen molar-refractivity contribution in [3.05, 3.63) is 95.0 Å². The molecule has 8 nitrogen and oxygen atoms in total. The van der Waals surface area contributed by atoms with E-state index in [9.17, 15) is 8.42 Å². The van der Waals surface area contributed by atoms with Crippen molar-refractivity contribution in [2.45, 2.75) is 19.6 Å². The summed E-state index contributed by atoms with van der Waals surface area (Å²) >= 11 is 15.6. The van der Waals surface area contributed by atoms with Crippen LogP contribution in [-0.4, -0.2) is 59.5 Å². The van der Waals surface area contributed by atoms with Gasteiger partial charge in [0.25, 0.3) is 0 Å². The van der Waals surface area contributed by atoms with Crippen molar-refractivity contribution >= 4 is 103 Å². The van der Waals surface area contributed by atoms with E-state index in [1.165, 1.54) is 0 Å². The van der Waals surface area contributed by atoms with Gasteiger partial charge in [0, 0.05) is 79.2 Å². The zero-order chi connectivity index (χ0) is 34.0. The summed E-state index contributed by atoms with van der Waals surface area (Å²) in [5.41, 5.74) is 15.1. The number of thioether (sulfide) groups is 2. The predicted octanol–water partition coefficient (Wildman–Crippen LogP) is 7.76. The summed E-state index contributed by atoms with van der Waals surface area (Å²) in [7, 11) is 1.52. The van der Waals surface area contributed by atoms with Crippen LogP contribution in [-0.2, 0) is 21.6 Å². The van der Waals surface area contributed by atoms with Gasteiger partial charge in [-0.25, -0.2) is 9.98 Å². The van der Waals surface area contributed by atoms with Crippen LogP contribution >= 0.6 is 46.7 Å². The van der Waals surface area contributed by atoms with Gasteiger partial charge in [0.1, 0.15) is 0 Å². The lowest BCUT2D eigenvalue weighted by Crippen LogP contribution is -2.33. The number of hydrogen-bond donors (Lipinski definition) is 2. The van der Waals surface area contributed by atoms with Crippen molar-refractivity contribution in [1.29, 1.82) is 0 Å². The summed E-state index contributed by atoms with van der Waals surface area (Å²) in [6, 6.07) is 26.0. The molecule has 0 aliphatic heterocycles. The highest BCUT2D eigenvalue weighted by molar-refractivity contribution is 7.98. The zero-order valence-electron chi connectivity index (χ0n) is 26.2. The molecule has 0 saturated heterocycles. The fourth-order valence-corrected chi connectivity index (χ4v) is 6.11. The molecule has 4 rings (SSSR count). The highest BCUT2D eigenvalue weighted by Crippen LogP contribution is 2.31. The minimum absolute atomic E-state index is 0.309. The molecule has 0 aliphatic carbocycles. The normalized spacial score (nSPS) is 13.0. The summed E-state index contributed by atoms with van der Waals surface area (Å²) in [5.74, 6) is 0.619. The number of benzene rings is 4. The Hall–Kier alpha value is -3.00. The molecule has 0 aromatic heterocycles. The maximum Gasteiger partial charge on any atom is 0.200 e. The summed E-state index contributed by atoms with van der Waals surface area (Å²) in [4.78, 5) is 15.9. The van der Waals surface area contributed by atoms with Crippen molar-refractivity contribution in [2.75, 3.05) is 48.9 Å². The van der Waals surface area contributed by atoms with Gasteiger partial charge >= 0.3 is 0 Å². The third-order valence-electron chi connectivity index (χ3n) is 6.54. The van der Waals surface area contributed by atoms with Crippen molar-refractivity contribution in [3.63, 3.8) is 0 Å². The average molecular weight is 736 g/mol. The molecule has 0 fully saturated rings. The van der Waals surface area contributed by atoms with Crippen LogP contribution in [0, 0.1) is 0 Å². The highest BCUT2D eigenvalue weighted by Gasteiger charge is 2.11. The zero-order valence-corrected chi connectivity index (χ0v) is 31.0. The van der Waals surface area contributed by atoms with Crippen molar-refractivity contribution in [3.8, 4) is 0 Å². The molecule has 46 heavy (non-hydrogen) atoms. The van der Waals surface area contributed by atoms with Crippen LogP contribution in [0.1, 0.15) is 0 Å². The van der Waals surface area contributed by atoms with Gasteiger partial charge in [-0.1, -0.05) is 35.3 Å². The molecule has 4 aromatic carbocycles. The van der Waals surface area contributed by atoms with Gasteiger partial charge in [-0.05, 0) is 85.3 Å². The monoisotopic (exact) mass is 734 g/mol. The molecule has 0 heterocycles. The summed E-state index contributed by atoms with van der Waals surface area (Å²) in [6.45, 7) is 0. The molecular formula is C32H36Cl2N6O2S4. The predicted molar refractivity (Wildman–Crippen MR) is 203 cm³/mol. The van der Waals surface area contributed by atoms with Crippen LogP contribution in [0.5, 0.6) is 0 Å². The van der Waals surface area contributed by atoms with Crippen LogP contribution < -0.4 is 21.3 Å². The van der Waals surface area contributed by atoms with E-state index < -0.39 is 21.6 Å². The lowest BCUT2D eigenvalue weighted by atomic mass is 10.3. The highest BCUT2D eigenvalue weighted by atomic mass is 35.5. The van der Waals surface area contributed by atoms with E-state index in [0.717, 1.165) is 31.0 Å². The van der Waals surface area contributed by atoms with Gasteiger partial charge in [0.05, 0.1) is 21.4 Å². The minimum atomic E-state index is -1.05. The first-order valence-electron chi connectivity index (χ1n) is 13.5. The Bertz CT molecular complexity index is 1660. The molecule has 2 unspecified atom stereocenters.